The van der Waals surface area contributed by atoms with Crippen LogP contribution in [0.2, 0.25) is 0 Å². The molecular formula is C8H12O. The zero-order valence-corrected chi connectivity index (χ0v) is 5.89. The van der Waals surface area contributed by atoms with Crippen LogP contribution in [0, 0.1) is 11.3 Å². The first-order chi connectivity index (χ1) is 4.14. The Labute approximate surface area is 55.4 Å². The molecule has 2 aliphatic carbocycles. The SMILES string of the molecule is CC1=C[C@H](O)[C@H]2C[C@@]12C. The molecule has 1 saturated carbocycles. The summed E-state index contributed by atoms with van der Waals surface area (Å²) in [5.74, 6) is 0.567. The van der Waals surface area contributed by atoms with E-state index in [0.717, 1.165) is 0 Å². The van der Waals surface area contributed by atoms with Crippen LogP contribution >= 0.6 is 0 Å². The highest BCUT2D eigenvalue weighted by Gasteiger charge is 2.57. The van der Waals surface area contributed by atoms with Gasteiger partial charge in [-0.2, -0.15) is 0 Å². The van der Waals surface area contributed by atoms with Crippen LogP contribution in [0.5, 0.6) is 0 Å². The molecule has 3 atom stereocenters. The van der Waals surface area contributed by atoms with Crippen LogP contribution in [0.4, 0.5) is 0 Å². The summed E-state index contributed by atoms with van der Waals surface area (Å²) in [6, 6.07) is 0. The number of hydrogen-bond acceptors (Lipinski definition) is 1. The van der Waals surface area contributed by atoms with Crippen molar-refractivity contribution in [2.75, 3.05) is 0 Å². The standard InChI is InChI=1S/C8H12O/c1-5-3-7(9)6-4-8(5,6)2/h3,6-7,9H,4H2,1-2H3/t6-,7+,8+/m1/s1. The second kappa shape index (κ2) is 1.24. The third kappa shape index (κ3) is 0.485. The van der Waals surface area contributed by atoms with Crippen molar-refractivity contribution in [2.24, 2.45) is 11.3 Å². The molecule has 2 rings (SSSR count). The minimum absolute atomic E-state index is 0.130. The van der Waals surface area contributed by atoms with E-state index in [1.807, 2.05) is 6.08 Å². The number of fused-ring (bicyclic) bond motifs is 1. The van der Waals surface area contributed by atoms with Gasteiger partial charge in [-0.15, -0.1) is 0 Å². The van der Waals surface area contributed by atoms with Crippen molar-refractivity contribution in [3.05, 3.63) is 11.6 Å². The molecule has 0 aromatic carbocycles. The Morgan fingerprint density at radius 3 is 2.56 bits per heavy atom. The molecule has 1 N–H and O–H groups in total. The van der Waals surface area contributed by atoms with Gasteiger partial charge in [0.1, 0.15) is 0 Å². The topological polar surface area (TPSA) is 20.2 Å². The Morgan fingerprint density at radius 2 is 2.44 bits per heavy atom. The van der Waals surface area contributed by atoms with E-state index in [0.29, 0.717) is 11.3 Å². The van der Waals surface area contributed by atoms with Gasteiger partial charge in [-0.25, -0.2) is 0 Å². The Hall–Kier alpha value is -0.300. The maximum absolute atomic E-state index is 9.30. The van der Waals surface area contributed by atoms with E-state index in [2.05, 4.69) is 13.8 Å². The van der Waals surface area contributed by atoms with Crippen molar-refractivity contribution >= 4 is 0 Å². The Balaban J connectivity index is 2.33. The molecule has 0 bridgehead atoms. The van der Waals surface area contributed by atoms with Crippen molar-refractivity contribution < 1.29 is 5.11 Å². The van der Waals surface area contributed by atoms with Crippen LogP contribution in [-0.4, -0.2) is 11.2 Å². The number of aliphatic hydroxyl groups excluding tert-OH is 1. The van der Waals surface area contributed by atoms with Gasteiger partial charge in [0.2, 0.25) is 0 Å². The summed E-state index contributed by atoms with van der Waals surface area (Å²) < 4.78 is 0. The highest BCUT2D eigenvalue weighted by atomic mass is 16.3. The second-order valence-electron chi connectivity index (χ2n) is 3.57. The molecule has 1 fully saturated rings. The predicted octanol–water partition coefficient (Wildman–Crippen LogP) is 1.33. The lowest BCUT2D eigenvalue weighted by molar-refractivity contribution is 0.197. The van der Waals surface area contributed by atoms with Crippen LogP contribution in [0.3, 0.4) is 0 Å². The molecule has 0 unspecified atom stereocenters. The number of allylic oxidation sites excluding steroid dienone is 1. The fourth-order valence-electron chi connectivity index (χ4n) is 1.91. The van der Waals surface area contributed by atoms with Crippen molar-refractivity contribution in [1.29, 1.82) is 0 Å². The average molecular weight is 124 g/mol. The minimum Gasteiger partial charge on any atom is -0.389 e. The van der Waals surface area contributed by atoms with Gasteiger partial charge in [-0.3, -0.25) is 0 Å². The van der Waals surface area contributed by atoms with Crippen LogP contribution in [0.1, 0.15) is 20.3 Å². The van der Waals surface area contributed by atoms with Gasteiger partial charge < -0.3 is 5.11 Å². The van der Waals surface area contributed by atoms with Crippen LogP contribution in [0.15, 0.2) is 11.6 Å². The molecular weight excluding hydrogens is 112 g/mol. The molecule has 0 spiro atoms. The first-order valence-corrected chi connectivity index (χ1v) is 3.51. The highest BCUT2D eigenvalue weighted by Crippen LogP contribution is 2.63. The lowest BCUT2D eigenvalue weighted by Crippen LogP contribution is -2.02. The fraction of sp³-hybridized carbons (Fsp3) is 0.750. The van der Waals surface area contributed by atoms with E-state index in [1.54, 1.807) is 0 Å². The van der Waals surface area contributed by atoms with E-state index in [1.165, 1.54) is 12.0 Å². The van der Waals surface area contributed by atoms with Crippen molar-refractivity contribution in [1.82, 2.24) is 0 Å². The molecule has 0 saturated heterocycles. The molecule has 2 aliphatic rings. The van der Waals surface area contributed by atoms with E-state index in [9.17, 15) is 5.11 Å². The lowest BCUT2D eigenvalue weighted by atomic mass is 10.0. The van der Waals surface area contributed by atoms with Crippen LogP contribution in [0.25, 0.3) is 0 Å². The van der Waals surface area contributed by atoms with Gasteiger partial charge >= 0.3 is 0 Å². The van der Waals surface area contributed by atoms with Gasteiger partial charge in [-0.05, 0) is 24.7 Å². The maximum atomic E-state index is 9.30. The Kier molecular flexibility index (Phi) is 0.755. The molecule has 0 aromatic heterocycles. The lowest BCUT2D eigenvalue weighted by Gasteiger charge is -2.02. The van der Waals surface area contributed by atoms with Gasteiger partial charge in [0.05, 0.1) is 6.10 Å². The summed E-state index contributed by atoms with van der Waals surface area (Å²) in [6.07, 6.45) is 3.07. The van der Waals surface area contributed by atoms with Gasteiger partial charge in [0.15, 0.2) is 0 Å². The normalized spacial score (nSPS) is 54.8. The van der Waals surface area contributed by atoms with E-state index < -0.39 is 0 Å². The molecule has 50 valence electrons. The van der Waals surface area contributed by atoms with Crippen LogP contribution < -0.4 is 0 Å². The first-order valence-electron chi connectivity index (χ1n) is 3.51. The summed E-state index contributed by atoms with van der Waals surface area (Å²) in [6.45, 7) is 4.36. The summed E-state index contributed by atoms with van der Waals surface area (Å²) in [4.78, 5) is 0. The van der Waals surface area contributed by atoms with E-state index in [4.69, 9.17) is 0 Å². The van der Waals surface area contributed by atoms with Gasteiger partial charge in [-0.1, -0.05) is 18.6 Å². The third-order valence-corrected chi connectivity index (χ3v) is 3.04. The van der Waals surface area contributed by atoms with Crippen LogP contribution in [-0.2, 0) is 0 Å². The second-order valence-corrected chi connectivity index (χ2v) is 3.57. The summed E-state index contributed by atoms with van der Waals surface area (Å²) in [7, 11) is 0. The maximum Gasteiger partial charge on any atom is 0.0760 e. The smallest absolute Gasteiger partial charge is 0.0760 e. The zero-order valence-electron chi connectivity index (χ0n) is 5.89. The average Bonchev–Trinajstić information content (AvgIpc) is 2.38. The summed E-state index contributed by atoms with van der Waals surface area (Å²) >= 11 is 0. The monoisotopic (exact) mass is 124 g/mol. The van der Waals surface area contributed by atoms with E-state index >= 15 is 0 Å². The fourth-order valence-corrected chi connectivity index (χ4v) is 1.91. The number of aliphatic hydroxyl groups is 1. The highest BCUT2D eigenvalue weighted by molar-refractivity contribution is 5.32. The van der Waals surface area contributed by atoms with E-state index in [-0.39, 0.29) is 6.10 Å². The molecule has 0 amide bonds. The number of hydrogen-bond donors (Lipinski definition) is 1. The van der Waals surface area contributed by atoms with Crippen molar-refractivity contribution in [3.8, 4) is 0 Å². The zero-order chi connectivity index (χ0) is 6.65. The molecule has 1 nitrogen and oxygen atoms in total. The molecule has 0 aliphatic heterocycles. The predicted molar refractivity (Wildman–Crippen MR) is 36.0 cm³/mol. The first kappa shape index (κ1) is 5.48. The Morgan fingerprint density at radius 1 is 1.78 bits per heavy atom. The Bertz CT molecular complexity index is 183. The number of rotatable bonds is 0. The van der Waals surface area contributed by atoms with Crippen molar-refractivity contribution in [3.63, 3.8) is 0 Å². The minimum atomic E-state index is -0.130. The third-order valence-electron chi connectivity index (χ3n) is 3.04. The van der Waals surface area contributed by atoms with Gasteiger partial charge in [0, 0.05) is 0 Å². The quantitative estimate of drug-likeness (QED) is 0.483. The molecule has 1 heteroatoms. The molecule has 0 aromatic rings. The summed E-state index contributed by atoms with van der Waals surface area (Å²) in [5.41, 5.74) is 1.79. The largest absolute Gasteiger partial charge is 0.389 e. The molecule has 0 heterocycles. The van der Waals surface area contributed by atoms with Crippen molar-refractivity contribution in [2.45, 2.75) is 26.4 Å². The molecule has 9 heavy (non-hydrogen) atoms. The summed E-state index contributed by atoms with van der Waals surface area (Å²) in [5, 5.41) is 9.30. The van der Waals surface area contributed by atoms with Gasteiger partial charge in [0.25, 0.3) is 0 Å². The molecule has 0 radical (unpaired) electrons.